The van der Waals surface area contributed by atoms with E-state index in [0.717, 1.165) is 11.3 Å². The highest BCUT2D eigenvalue weighted by Crippen LogP contribution is 2.26. The normalized spacial score (nSPS) is 21.3. The number of methoxy groups -OCH3 is 1. The Hall–Kier alpha value is -0.960. The van der Waals surface area contributed by atoms with Gasteiger partial charge < -0.3 is 10.1 Å². The molecule has 1 aromatic heterocycles. The first-order valence-electron chi connectivity index (χ1n) is 5.86. The van der Waals surface area contributed by atoms with Crippen LogP contribution >= 0.6 is 11.3 Å². The number of carbonyl (C=O) groups excluding carboxylic acids is 1. The van der Waals surface area contributed by atoms with Crippen LogP contribution in [0.2, 0.25) is 0 Å². The molecule has 0 aromatic carbocycles. The van der Waals surface area contributed by atoms with Crippen LogP contribution in [-0.4, -0.2) is 51.5 Å². The highest BCUT2D eigenvalue weighted by Gasteiger charge is 2.32. The van der Waals surface area contributed by atoms with Crippen LogP contribution in [0.15, 0.2) is 16.3 Å². The van der Waals surface area contributed by atoms with Crippen LogP contribution in [0.3, 0.4) is 0 Å². The molecule has 0 radical (unpaired) electrons. The first kappa shape index (κ1) is 14.4. The number of piperazine rings is 1. The van der Waals surface area contributed by atoms with Gasteiger partial charge in [-0.15, -0.1) is 11.3 Å². The van der Waals surface area contributed by atoms with Crippen molar-refractivity contribution >= 4 is 27.3 Å². The molecule has 19 heavy (non-hydrogen) atoms. The predicted molar refractivity (Wildman–Crippen MR) is 71.9 cm³/mol. The third-order valence-corrected chi connectivity index (χ3v) is 5.88. The Balaban J connectivity index is 2.34. The van der Waals surface area contributed by atoms with Crippen molar-refractivity contribution in [1.82, 2.24) is 9.62 Å². The number of esters is 1. The van der Waals surface area contributed by atoms with Crippen LogP contribution in [0.25, 0.3) is 0 Å². The van der Waals surface area contributed by atoms with E-state index in [1.807, 2.05) is 6.92 Å². The molecule has 1 saturated heterocycles. The van der Waals surface area contributed by atoms with Crippen LogP contribution in [0, 0.1) is 0 Å². The number of sulfonamides is 1. The van der Waals surface area contributed by atoms with Gasteiger partial charge in [0.1, 0.15) is 9.77 Å². The number of ether oxygens (including phenoxy) is 1. The van der Waals surface area contributed by atoms with Gasteiger partial charge in [-0.05, 0) is 18.4 Å². The van der Waals surface area contributed by atoms with Gasteiger partial charge in [-0.25, -0.2) is 13.2 Å². The summed E-state index contributed by atoms with van der Waals surface area (Å²) in [6.45, 7) is 3.34. The topological polar surface area (TPSA) is 75.7 Å². The van der Waals surface area contributed by atoms with Crippen molar-refractivity contribution < 1.29 is 17.9 Å². The Morgan fingerprint density at radius 3 is 2.95 bits per heavy atom. The average molecular weight is 304 g/mol. The van der Waals surface area contributed by atoms with E-state index in [1.165, 1.54) is 17.5 Å². The monoisotopic (exact) mass is 304 g/mol. The maximum Gasteiger partial charge on any atom is 0.349 e. The van der Waals surface area contributed by atoms with E-state index >= 15 is 0 Å². The van der Waals surface area contributed by atoms with Crippen molar-refractivity contribution in [2.45, 2.75) is 17.9 Å². The standard InChI is InChI=1S/C11H16N2O4S2/c1-8-7-13(5-4-12-8)19(15,16)9-3-6-18-10(9)11(14)17-2/h3,6,8,12H,4-5,7H2,1-2H3/t8-/m1/s1. The summed E-state index contributed by atoms with van der Waals surface area (Å²) < 4.78 is 31.1. The summed E-state index contributed by atoms with van der Waals surface area (Å²) in [7, 11) is -2.39. The average Bonchev–Trinajstić information content (AvgIpc) is 2.87. The zero-order valence-corrected chi connectivity index (χ0v) is 12.4. The van der Waals surface area contributed by atoms with Gasteiger partial charge in [0.25, 0.3) is 0 Å². The molecule has 1 atom stereocenters. The van der Waals surface area contributed by atoms with E-state index in [4.69, 9.17) is 0 Å². The molecule has 6 nitrogen and oxygen atoms in total. The van der Waals surface area contributed by atoms with Crippen LogP contribution < -0.4 is 5.32 Å². The lowest BCUT2D eigenvalue weighted by atomic mass is 10.3. The Morgan fingerprint density at radius 2 is 2.32 bits per heavy atom. The van der Waals surface area contributed by atoms with Crippen molar-refractivity contribution in [3.8, 4) is 0 Å². The fourth-order valence-corrected chi connectivity index (χ4v) is 4.83. The Bertz CT molecular complexity index is 567. The first-order chi connectivity index (χ1) is 8.96. The number of thiophene rings is 1. The van der Waals surface area contributed by atoms with E-state index in [-0.39, 0.29) is 15.8 Å². The predicted octanol–water partition coefficient (Wildman–Crippen LogP) is 0.517. The molecule has 1 aliphatic heterocycles. The second kappa shape index (κ2) is 5.58. The molecule has 1 N–H and O–H groups in total. The summed E-state index contributed by atoms with van der Waals surface area (Å²) in [5, 5.41) is 4.77. The number of nitrogens with one attached hydrogen (secondary N) is 1. The van der Waals surface area contributed by atoms with Gasteiger partial charge in [0.15, 0.2) is 0 Å². The maximum atomic E-state index is 12.5. The summed E-state index contributed by atoms with van der Waals surface area (Å²) in [5.74, 6) is -0.614. The Morgan fingerprint density at radius 1 is 1.58 bits per heavy atom. The zero-order chi connectivity index (χ0) is 14.0. The summed E-state index contributed by atoms with van der Waals surface area (Å²) in [6.07, 6.45) is 0. The van der Waals surface area contributed by atoms with Gasteiger partial charge in [0, 0.05) is 25.7 Å². The summed E-state index contributed by atoms with van der Waals surface area (Å²) in [6, 6.07) is 1.56. The Kier molecular flexibility index (Phi) is 4.24. The number of rotatable bonds is 3. The molecule has 1 aliphatic rings. The lowest BCUT2D eigenvalue weighted by molar-refractivity contribution is 0.0602. The maximum absolute atomic E-state index is 12.5. The van der Waals surface area contributed by atoms with Gasteiger partial charge in [-0.1, -0.05) is 0 Å². The highest BCUT2D eigenvalue weighted by atomic mass is 32.2. The van der Waals surface area contributed by atoms with Crippen LogP contribution in [0.1, 0.15) is 16.6 Å². The number of hydrogen-bond acceptors (Lipinski definition) is 6. The molecule has 2 rings (SSSR count). The minimum Gasteiger partial charge on any atom is -0.465 e. The molecule has 8 heteroatoms. The van der Waals surface area contributed by atoms with Crippen molar-refractivity contribution in [2.75, 3.05) is 26.7 Å². The molecule has 106 valence electrons. The van der Waals surface area contributed by atoms with E-state index in [1.54, 1.807) is 5.38 Å². The minimum absolute atomic E-state index is 0.0402. The van der Waals surface area contributed by atoms with Gasteiger partial charge in [0.05, 0.1) is 7.11 Å². The molecule has 2 heterocycles. The van der Waals surface area contributed by atoms with E-state index < -0.39 is 16.0 Å². The second-order valence-electron chi connectivity index (χ2n) is 4.32. The molecule has 0 unspecified atom stereocenters. The molecule has 1 aromatic rings. The van der Waals surface area contributed by atoms with Crippen molar-refractivity contribution in [1.29, 1.82) is 0 Å². The van der Waals surface area contributed by atoms with Gasteiger partial charge in [0.2, 0.25) is 10.0 Å². The molecule has 0 bridgehead atoms. The van der Waals surface area contributed by atoms with Gasteiger partial charge in [-0.3, -0.25) is 0 Å². The number of hydrogen-bond donors (Lipinski definition) is 1. The molecular weight excluding hydrogens is 288 g/mol. The van der Waals surface area contributed by atoms with Crippen LogP contribution in [0.5, 0.6) is 0 Å². The van der Waals surface area contributed by atoms with Gasteiger partial charge in [-0.2, -0.15) is 4.31 Å². The lowest BCUT2D eigenvalue weighted by Crippen LogP contribution is -2.51. The lowest BCUT2D eigenvalue weighted by Gasteiger charge is -2.30. The number of carbonyl (C=O) groups is 1. The molecule has 0 aliphatic carbocycles. The van der Waals surface area contributed by atoms with Crippen LogP contribution in [0.4, 0.5) is 0 Å². The minimum atomic E-state index is -3.63. The quantitative estimate of drug-likeness (QED) is 0.824. The molecular formula is C11H16N2O4S2. The van der Waals surface area contributed by atoms with Crippen molar-refractivity contribution in [3.63, 3.8) is 0 Å². The fraction of sp³-hybridized carbons (Fsp3) is 0.545. The SMILES string of the molecule is COC(=O)c1sccc1S(=O)(=O)N1CCN[C@H](C)C1. The summed E-state index contributed by atoms with van der Waals surface area (Å²) in [5.41, 5.74) is 0. The smallest absolute Gasteiger partial charge is 0.349 e. The van der Waals surface area contributed by atoms with E-state index in [2.05, 4.69) is 10.1 Å². The van der Waals surface area contributed by atoms with Crippen molar-refractivity contribution in [2.24, 2.45) is 0 Å². The highest BCUT2D eigenvalue weighted by molar-refractivity contribution is 7.89. The Labute approximate surface area is 116 Å². The summed E-state index contributed by atoms with van der Waals surface area (Å²) >= 11 is 1.08. The first-order valence-corrected chi connectivity index (χ1v) is 8.18. The zero-order valence-electron chi connectivity index (χ0n) is 10.8. The molecule has 0 saturated carbocycles. The fourth-order valence-electron chi connectivity index (χ4n) is 2.00. The second-order valence-corrected chi connectivity index (χ2v) is 7.15. The van der Waals surface area contributed by atoms with E-state index in [0.29, 0.717) is 19.6 Å². The molecule has 1 fully saturated rings. The van der Waals surface area contributed by atoms with Crippen molar-refractivity contribution in [3.05, 3.63) is 16.3 Å². The van der Waals surface area contributed by atoms with Gasteiger partial charge >= 0.3 is 5.97 Å². The third-order valence-electron chi connectivity index (χ3n) is 2.95. The summed E-state index contributed by atoms with van der Waals surface area (Å²) in [4.78, 5) is 11.8. The third kappa shape index (κ3) is 2.81. The largest absolute Gasteiger partial charge is 0.465 e. The van der Waals surface area contributed by atoms with E-state index in [9.17, 15) is 13.2 Å². The molecule has 0 spiro atoms. The van der Waals surface area contributed by atoms with Crippen LogP contribution in [-0.2, 0) is 14.8 Å². The number of nitrogens with zero attached hydrogens (tertiary/aromatic N) is 1. The molecule has 0 amide bonds.